The van der Waals surface area contributed by atoms with Crippen LogP contribution in [0.4, 0.5) is 0 Å². The minimum absolute atomic E-state index is 0.489. The Morgan fingerprint density at radius 3 is 2.65 bits per heavy atom. The third-order valence-corrected chi connectivity index (χ3v) is 3.04. The molecule has 2 aromatic rings. The zero-order chi connectivity index (χ0) is 12.3. The van der Waals surface area contributed by atoms with Gasteiger partial charge in [-0.25, -0.2) is 15.0 Å². The topological polar surface area (TPSA) is 58.9 Å². The van der Waals surface area contributed by atoms with Gasteiger partial charge in [0, 0.05) is 18.1 Å². The van der Waals surface area contributed by atoms with Gasteiger partial charge in [-0.05, 0) is 43.3 Å². The fraction of sp³-hybridized carbons (Fsp3) is 0.250. The largest absolute Gasteiger partial charge is 0.389 e. The number of aryl methyl sites for hydroxylation is 1. The van der Waals surface area contributed by atoms with Gasteiger partial charge < -0.3 is 5.11 Å². The quantitative estimate of drug-likeness (QED) is 0.844. The molecule has 0 bridgehead atoms. The Labute approximate surface area is 104 Å². The van der Waals surface area contributed by atoms with E-state index < -0.39 is 6.10 Å². The Morgan fingerprint density at radius 2 is 2.06 bits per heavy atom. The first-order valence-corrected chi connectivity index (χ1v) is 6.08. The van der Waals surface area contributed by atoms with E-state index in [9.17, 15) is 5.11 Å². The molecule has 4 nitrogen and oxygen atoms in total. The van der Waals surface area contributed by atoms with E-state index >= 15 is 0 Å². The van der Waals surface area contributed by atoms with Crippen LogP contribution in [0.1, 0.15) is 24.3 Å². The summed E-state index contributed by atoms with van der Waals surface area (Å²) in [5.74, 6) is 0. The highest BCUT2D eigenvalue weighted by atomic mass is 32.2. The van der Waals surface area contributed by atoms with Gasteiger partial charge in [0.25, 0.3) is 0 Å². The summed E-state index contributed by atoms with van der Waals surface area (Å²) in [4.78, 5) is 12.7. The van der Waals surface area contributed by atoms with Gasteiger partial charge in [-0.3, -0.25) is 0 Å². The van der Waals surface area contributed by atoms with Crippen LogP contribution in [0.25, 0.3) is 0 Å². The zero-order valence-electron chi connectivity index (χ0n) is 9.66. The summed E-state index contributed by atoms with van der Waals surface area (Å²) < 4.78 is 0. The van der Waals surface area contributed by atoms with E-state index in [1.54, 1.807) is 19.3 Å². The highest BCUT2D eigenvalue weighted by Crippen LogP contribution is 2.23. The van der Waals surface area contributed by atoms with Crippen molar-refractivity contribution in [2.75, 3.05) is 0 Å². The SMILES string of the molecule is Cc1ccnc(Sc2ccc(C(C)O)cn2)n1. The summed E-state index contributed by atoms with van der Waals surface area (Å²) in [5.41, 5.74) is 1.74. The molecule has 1 N–H and O–H groups in total. The van der Waals surface area contributed by atoms with E-state index in [1.165, 1.54) is 11.8 Å². The molecule has 2 heterocycles. The van der Waals surface area contributed by atoms with E-state index in [-0.39, 0.29) is 0 Å². The number of hydrogen-bond acceptors (Lipinski definition) is 5. The first kappa shape index (κ1) is 12.0. The molecule has 0 aromatic carbocycles. The Bertz CT molecular complexity index is 499. The Balaban J connectivity index is 2.14. The average Bonchev–Trinajstić information content (AvgIpc) is 2.29. The Hall–Kier alpha value is -1.46. The van der Waals surface area contributed by atoms with Crippen LogP contribution >= 0.6 is 11.8 Å². The molecule has 1 unspecified atom stereocenters. The van der Waals surface area contributed by atoms with Crippen LogP contribution in [0.3, 0.4) is 0 Å². The second-order valence-electron chi connectivity index (χ2n) is 3.69. The van der Waals surface area contributed by atoms with Crippen molar-refractivity contribution in [2.45, 2.75) is 30.1 Å². The second-order valence-corrected chi connectivity index (χ2v) is 4.68. The molecule has 17 heavy (non-hydrogen) atoms. The van der Waals surface area contributed by atoms with Crippen molar-refractivity contribution < 1.29 is 5.11 Å². The number of nitrogens with zero attached hydrogens (tertiary/aromatic N) is 3. The van der Waals surface area contributed by atoms with Crippen LogP contribution in [-0.4, -0.2) is 20.1 Å². The molecular weight excluding hydrogens is 234 g/mol. The molecule has 0 aliphatic carbocycles. The molecule has 1 atom stereocenters. The minimum Gasteiger partial charge on any atom is -0.389 e. The standard InChI is InChI=1S/C12H13N3OS/c1-8-5-6-13-12(15-8)17-11-4-3-10(7-14-11)9(2)16/h3-7,9,16H,1-2H3. The maximum absolute atomic E-state index is 9.37. The van der Waals surface area contributed by atoms with E-state index in [4.69, 9.17) is 0 Å². The van der Waals surface area contributed by atoms with E-state index in [2.05, 4.69) is 15.0 Å². The summed E-state index contributed by atoms with van der Waals surface area (Å²) in [6, 6.07) is 5.57. The summed E-state index contributed by atoms with van der Waals surface area (Å²) >= 11 is 1.41. The van der Waals surface area contributed by atoms with Gasteiger partial charge in [0.2, 0.25) is 0 Å². The highest BCUT2D eigenvalue weighted by molar-refractivity contribution is 7.99. The lowest BCUT2D eigenvalue weighted by Crippen LogP contribution is -1.93. The van der Waals surface area contributed by atoms with Crippen molar-refractivity contribution in [2.24, 2.45) is 0 Å². The predicted octanol–water partition coefficient (Wildman–Crippen LogP) is 2.38. The van der Waals surface area contributed by atoms with Gasteiger partial charge in [0.1, 0.15) is 5.03 Å². The van der Waals surface area contributed by atoms with Gasteiger partial charge in [-0.1, -0.05) is 6.07 Å². The Kier molecular flexibility index (Phi) is 3.71. The van der Waals surface area contributed by atoms with Gasteiger partial charge in [-0.15, -0.1) is 0 Å². The van der Waals surface area contributed by atoms with E-state index in [0.29, 0.717) is 5.16 Å². The average molecular weight is 247 g/mol. The molecule has 5 heteroatoms. The smallest absolute Gasteiger partial charge is 0.194 e. The molecular formula is C12H13N3OS. The van der Waals surface area contributed by atoms with Crippen LogP contribution in [0.5, 0.6) is 0 Å². The van der Waals surface area contributed by atoms with Crippen LogP contribution in [-0.2, 0) is 0 Å². The molecule has 0 amide bonds. The van der Waals surface area contributed by atoms with E-state index in [1.807, 2.05) is 25.1 Å². The van der Waals surface area contributed by atoms with Crippen LogP contribution in [0, 0.1) is 6.92 Å². The van der Waals surface area contributed by atoms with Crippen molar-refractivity contribution in [1.82, 2.24) is 15.0 Å². The molecule has 0 saturated heterocycles. The number of hydrogen-bond donors (Lipinski definition) is 1. The van der Waals surface area contributed by atoms with Crippen molar-refractivity contribution in [3.63, 3.8) is 0 Å². The van der Waals surface area contributed by atoms with Crippen molar-refractivity contribution >= 4 is 11.8 Å². The van der Waals surface area contributed by atoms with Crippen LogP contribution in [0.2, 0.25) is 0 Å². The van der Waals surface area contributed by atoms with Crippen molar-refractivity contribution in [3.05, 3.63) is 41.9 Å². The zero-order valence-corrected chi connectivity index (χ0v) is 10.5. The van der Waals surface area contributed by atoms with Gasteiger partial charge >= 0.3 is 0 Å². The summed E-state index contributed by atoms with van der Waals surface area (Å²) in [6.07, 6.45) is 2.91. The monoisotopic (exact) mass is 247 g/mol. The van der Waals surface area contributed by atoms with Crippen molar-refractivity contribution in [3.8, 4) is 0 Å². The number of aliphatic hydroxyl groups excluding tert-OH is 1. The lowest BCUT2D eigenvalue weighted by Gasteiger charge is -2.04. The maximum atomic E-state index is 9.37. The first-order valence-electron chi connectivity index (χ1n) is 5.26. The number of aliphatic hydroxyl groups is 1. The molecule has 0 fully saturated rings. The lowest BCUT2D eigenvalue weighted by molar-refractivity contribution is 0.198. The third-order valence-electron chi connectivity index (χ3n) is 2.21. The Morgan fingerprint density at radius 1 is 1.24 bits per heavy atom. The summed E-state index contributed by atoms with van der Waals surface area (Å²) in [5, 5.41) is 10.9. The third kappa shape index (κ3) is 3.25. The van der Waals surface area contributed by atoms with Gasteiger partial charge in [0.05, 0.1) is 6.10 Å². The molecule has 2 rings (SSSR count). The molecule has 0 spiro atoms. The molecule has 0 aliphatic heterocycles. The molecule has 0 saturated carbocycles. The predicted molar refractivity (Wildman–Crippen MR) is 65.8 cm³/mol. The molecule has 2 aromatic heterocycles. The fourth-order valence-corrected chi connectivity index (χ4v) is 2.00. The molecule has 0 radical (unpaired) electrons. The van der Waals surface area contributed by atoms with Crippen molar-refractivity contribution in [1.29, 1.82) is 0 Å². The maximum Gasteiger partial charge on any atom is 0.194 e. The van der Waals surface area contributed by atoms with Crippen LogP contribution < -0.4 is 0 Å². The van der Waals surface area contributed by atoms with Gasteiger partial charge in [-0.2, -0.15) is 0 Å². The normalized spacial score (nSPS) is 12.4. The number of aromatic nitrogens is 3. The second kappa shape index (κ2) is 5.25. The summed E-state index contributed by atoms with van der Waals surface area (Å²) in [7, 11) is 0. The fourth-order valence-electron chi connectivity index (χ4n) is 1.27. The molecule has 88 valence electrons. The summed E-state index contributed by atoms with van der Waals surface area (Å²) in [6.45, 7) is 3.64. The highest BCUT2D eigenvalue weighted by Gasteiger charge is 2.04. The molecule has 0 aliphatic rings. The lowest BCUT2D eigenvalue weighted by atomic mass is 10.2. The number of pyridine rings is 1. The van der Waals surface area contributed by atoms with E-state index in [0.717, 1.165) is 16.3 Å². The number of rotatable bonds is 3. The first-order chi connectivity index (χ1) is 8.15. The van der Waals surface area contributed by atoms with Gasteiger partial charge in [0.15, 0.2) is 5.16 Å². The van der Waals surface area contributed by atoms with Crippen LogP contribution in [0.15, 0.2) is 40.8 Å². The minimum atomic E-state index is -0.489.